The van der Waals surface area contributed by atoms with E-state index >= 15 is 0 Å². The molecule has 0 spiro atoms. The summed E-state index contributed by atoms with van der Waals surface area (Å²) in [4.78, 5) is 22.2. The molecule has 0 aliphatic carbocycles. The van der Waals surface area contributed by atoms with E-state index in [0.717, 1.165) is 0 Å². The Kier molecular flexibility index (Phi) is 6.36. The van der Waals surface area contributed by atoms with Crippen molar-refractivity contribution < 1.29 is 23.1 Å². The number of carboxylic acid groups (broad SMARTS) is 1. The molecule has 0 aliphatic heterocycles. The lowest BCUT2D eigenvalue weighted by molar-refractivity contribution is -0.137. The summed E-state index contributed by atoms with van der Waals surface area (Å²) in [7, 11) is -3.40. The van der Waals surface area contributed by atoms with Crippen molar-refractivity contribution in [1.29, 1.82) is 0 Å². The average molecular weight is 313 g/mol. The maximum absolute atomic E-state index is 11.9. The molecule has 0 unspecified atom stereocenters. The number of nitrogens with one attached hydrogen (secondary N) is 1. The van der Waals surface area contributed by atoms with Crippen molar-refractivity contribution in [3.05, 3.63) is 24.3 Å². The molecule has 0 heterocycles. The van der Waals surface area contributed by atoms with Crippen molar-refractivity contribution in [3.8, 4) is 0 Å². The van der Waals surface area contributed by atoms with E-state index in [1.807, 2.05) is 0 Å². The molecule has 0 atom stereocenters. The summed E-state index contributed by atoms with van der Waals surface area (Å²) in [6.45, 7) is 1.54. The molecule has 0 aromatic heterocycles. The van der Waals surface area contributed by atoms with E-state index in [9.17, 15) is 18.0 Å². The Morgan fingerprint density at radius 2 is 1.76 bits per heavy atom. The fraction of sp³-hybridized carbons (Fsp3) is 0.429. The first-order valence-electron chi connectivity index (χ1n) is 6.70. The average Bonchev–Trinajstić information content (AvgIpc) is 2.44. The van der Waals surface area contributed by atoms with E-state index in [2.05, 4.69) is 5.32 Å². The molecule has 1 aromatic carbocycles. The van der Waals surface area contributed by atoms with Gasteiger partial charge in [-0.25, -0.2) is 8.42 Å². The highest BCUT2D eigenvalue weighted by Crippen LogP contribution is 2.22. The van der Waals surface area contributed by atoms with Gasteiger partial charge in [0.2, 0.25) is 5.91 Å². The van der Waals surface area contributed by atoms with Crippen LogP contribution in [0.3, 0.4) is 0 Å². The smallest absolute Gasteiger partial charge is 0.303 e. The molecule has 116 valence electrons. The number of carbonyl (C=O) groups excluding carboxylic acids is 1. The number of para-hydroxylation sites is 1. The number of hydrogen-bond donors (Lipinski definition) is 2. The number of aliphatic carboxylic acids is 1. The highest BCUT2D eigenvalue weighted by molar-refractivity contribution is 7.91. The predicted molar refractivity (Wildman–Crippen MR) is 78.9 cm³/mol. The molecule has 1 rings (SSSR count). The van der Waals surface area contributed by atoms with Gasteiger partial charge in [-0.2, -0.15) is 0 Å². The molecule has 6 nitrogen and oxygen atoms in total. The molecule has 1 aromatic rings. The van der Waals surface area contributed by atoms with Crippen molar-refractivity contribution in [1.82, 2.24) is 0 Å². The topological polar surface area (TPSA) is 101 Å². The Balaban J connectivity index is 2.67. The minimum Gasteiger partial charge on any atom is -0.481 e. The Morgan fingerprint density at radius 1 is 1.14 bits per heavy atom. The first kappa shape index (κ1) is 17.2. The molecule has 0 saturated heterocycles. The van der Waals surface area contributed by atoms with Gasteiger partial charge in [0, 0.05) is 12.8 Å². The number of anilines is 1. The van der Waals surface area contributed by atoms with Gasteiger partial charge in [-0.15, -0.1) is 0 Å². The van der Waals surface area contributed by atoms with Gasteiger partial charge in [0.1, 0.15) is 0 Å². The number of rotatable bonds is 8. The third kappa shape index (κ3) is 5.55. The second-order valence-corrected chi connectivity index (χ2v) is 6.80. The zero-order chi connectivity index (χ0) is 15.9. The van der Waals surface area contributed by atoms with Crippen LogP contribution in [-0.2, 0) is 19.4 Å². The third-order valence-electron chi connectivity index (χ3n) is 2.92. The Labute approximate surface area is 124 Å². The van der Waals surface area contributed by atoms with Crippen LogP contribution in [0.4, 0.5) is 5.69 Å². The Hall–Kier alpha value is -1.89. The predicted octanol–water partition coefficient (Wildman–Crippen LogP) is 2.06. The lowest BCUT2D eigenvalue weighted by atomic mass is 10.2. The second-order valence-electron chi connectivity index (χ2n) is 4.55. The molecule has 2 N–H and O–H groups in total. The van der Waals surface area contributed by atoms with Crippen LogP contribution in [0.1, 0.15) is 32.6 Å². The third-order valence-corrected chi connectivity index (χ3v) is 4.71. The monoisotopic (exact) mass is 313 g/mol. The van der Waals surface area contributed by atoms with Crippen molar-refractivity contribution in [3.63, 3.8) is 0 Å². The van der Waals surface area contributed by atoms with Crippen LogP contribution in [0.5, 0.6) is 0 Å². The normalized spacial score (nSPS) is 11.1. The summed E-state index contributed by atoms with van der Waals surface area (Å²) in [6.07, 6.45) is 1.04. The lowest BCUT2D eigenvalue weighted by Crippen LogP contribution is -2.15. The van der Waals surface area contributed by atoms with Crippen LogP contribution in [0.2, 0.25) is 0 Å². The summed E-state index contributed by atoms with van der Waals surface area (Å²) in [5.41, 5.74) is 0.266. The maximum Gasteiger partial charge on any atom is 0.303 e. The Morgan fingerprint density at radius 3 is 2.38 bits per heavy atom. The summed E-state index contributed by atoms with van der Waals surface area (Å²) < 4.78 is 23.8. The first-order chi connectivity index (χ1) is 9.86. The first-order valence-corrected chi connectivity index (χ1v) is 8.35. The molecule has 7 heteroatoms. The summed E-state index contributed by atoms with van der Waals surface area (Å²) in [5.74, 6) is -1.26. The van der Waals surface area contributed by atoms with Crippen LogP contribution in [0.25, 0.3) is 0 Å². The lowest BCUT2D eigenvalue weighted by Gasteiger charge is -2.10. The quantitative estimate of drug-likeness (QED) is 0.715. The van der Waals surface area contributed by atoms with Crippen LogP contribution in [-0.4, -0.2) is 31.2 Å². The van der Waals surface area contributed by atoms with Crippen molar-refractivity contribution in [2.75, 3.05) is 11.1 Å². The van der Waals surface area contributed by atoms with E-state index in [1.165, 1.54) is 12.1 Å². The molecule has 0 fully saturated rings. The molecule has 0 saturated carbocycles. The number of hydrogen-bond acceptors (Lipinski definition) is 4. The molecular weight excluding hydrogens is 294 g/mol. The summed E-state index contributed by atoms with van der Waals surface area (Å²) in [5, 5.41) is 11.1. The largest absolute Gasteiger partial charge is 0.481 e. The molecule has 1 amide bonds. The zero-order valence-electron chi connectivity index (χ0n) is 11.8. The van der Waals surface area contributed by atoms with E-state index < -0.39 is 15.8 Å². The fourth-order valence-electron chi connectivity index (χ4n) is 1.77. The minimum absolute atomic E-state index is 0.0219. The van der Waals surface area contributed by atoms with E-state index in [1.54, 1.807) is 19.1 Å². The highest BCUT2D eigenvalue weighted by atomic mass is 32.2. The van der Waals surface area contributed by atoms with Crippen LogP contribution < -0.4 is 5.32 Å². The van der Waals surface area contributed by atoms with Gasteiger partial charge < -0.3 is 10.4 Å². The number of amides is 1. The van der Waals surface area contributed by atoms with Gasteiger partial charge >= 0.3 is 5.97 Å². The molecule has 0 radical (unpaired) electrons. The zero-order valence-corrected chi connectivity index (χ0v) is 12.6. The number of unbranched alkanes of at least 4 members (excludes halogenated alkanes) is 1. The number of carboxylic acids is 1. The van der Waals surface area contributed by atoms with E-state index in [0.29, 0.717) is 12.8 Å². The van der Waals surface area contributed by atoms with Crippen LogP contribution >= 0.6 is 0 Å². The summed E-state index contributed by atoms with van der Waals surface area (Å²) in [6, 6.07) is 6.25. The minimum atomic E-state index is -3.40. The summed E-state index contributed by atoms with van der Waals surface area (Å²) >= 11 is 0. The molecule has 21 heavy (non-hydrogen) atoms. The van der Waals surface area contributed by atoms with Crippen LogP contribution in [0.15, 0.2) is 29.2 Å². The van der Waals surface area contributed by atoms with Crippen molar-refractivity contribution in [2.24, 2.45) is 0 Å². The van der Waals surface area contributed by atoms with Gasteiger partial charge in [-0.1, -0.05) is 19.1 Å². The van der Waals surface area contributed by atoms with Gasteiger partial charge in [0.25, 0.3) is 0 Å². The fourth-order valence-corrected chi connectivity index (χ4v) is 2.82. The molecule has 0 aliphatic rings. The van der Waals surface area contributed by atoms with Gasteiger partial charge in [0.15, 0.2) is 9.84 Å². The number of sulfone groups is 1. The van der Waals surface area contributed by atoms with Gasteiger partial charge in [-0.05, 0) is 25.0 Å². The molecular formula is C14H19NO5S. The highest BCUT2D eigenvalue weighted by Gasteiger charge is 2.17. The number of carbonyl (C=O) groups is 2. The molecule has 0 bridgehead atoms. The van der Waals surface area contributed by atoms with E-state index in [4.69, 9.17) is 5.11 Å². The second kappa shape index (κ2) is 7.78. The Bertz CT molecular complexity index is 610. The van der Waals surface area contributed by atoms with E-state index in [-0.39, 0.29) is 35.1 Å². The van der Waals surface area contributed by atoms with Crippen molar-refractivity contribution >= 4 is 27.4 Å². The van der Waals surface area contributed by atoms with Crippen LogP contribution in [0, 0.1) is 0 Å². The standard InChI is InChI=1S/C14H19NO5S/c1-2-21(19,20)12-8-4-3-7-11(12)15-13(16)9-5-6-10-14(17)18/h3-4,7-8H,2,5-6,9-10H2,1H3,(H,15,16)(H,17,18). The van der Waals surface area contributed by atoms with Gasteiger partial charge in [-0.3, -0.25) is 9.59 Å². The van der Waals surface area contributed by atoms with Gasteiger partial charge in [0.05, 0.1) is 16.3 Å². The van der Waals surface area contributed by atoms with Crippen molar-refractivity contribution in [2.45, 2.75) is 37.5 Å². The SMILES string of the molecule is CCS(=O)(=O)c1ccccc1NC(=O)CCCCC(=O)O. The maximum atomic E-state index is 11.9. The number of benzene rings is 1.